The minimum atomic E-state index is -0.828. The molecule has 0 radical (unpaired) electrons. The van der Waals surface area contributed by atoms with Gasteiger partial charge in [0.2, 0.25) is 5.91 Å². The molecule has 2 rings (SSSR count). The van der Waals surface area contributed by atoms with Crippen LogP contribution in [0, 0.1) is 0 Å². The lowest BCUT2D eigenvalue weighted by Gasteiger charge is -2.16. The predicted octanol–water partition coefficient (Wildman–Crippen LogP) is 2.55. The van der Waals surface area contributed by atoms with Crippen LogP contribution in [0.2, 0.25) is 0 Å². The van der Waals surface area contributed by atoms with Gasteiger partial charge in [0.15, 0.2) is 0 Å². The third-order valence-corrected chi connectivity index (χ3v) is 4.30. The van der Waals surface area contributed by atoms with Crippen molar-refractivity contribution in [1.82, 2.24) is 9.88 Å². The number of nitrogens with zero attached hydrogens (tertiary/aromatic N) is 2. The molecule has 0 aliphatic heterocycles. The number of thiazole rings is 1. The maximum absolute atomic E-state index is 12.0. The first kappa shape index (κ1) is 15.4. The number of para-hydroxylation sites is 1. The van der Waals surface area contributed by atoms with Crippen LogP contribution < -0.4 is 0 Å². The summed E-state index contributed by atoms with van der Waals surface area (Å²) in [7, 11) is 1.71. The van der Waals surface area contributed by atoms with Crippen molar-refractivity contribution in [1.29, 1.82) is 0 Å². The van der Waals surface area contributed by atoms with Gasteiger partial charge in [0.1, 0.15) is 0 Å². The minimum absolute atomic E-state index is 0.0274. The molecule has 112 valence electrons. The maximum atomic E-state index is 12.0. The van der Waals surface area contributed by atoms with Crippen LogP contribution in [0.3, 0.4) is 0 Å². The van der Waals surface area contributed by atoms with Crippen molar-refractivity contribution in [3.8, 4) is 0 Å². The Bertz CT molecular complexity index is 606. The first-order chi connectivity index (χ1) is 10.1. The summed E-state index contributed by atoms with van der Waals surface area (Å²) < 4.78 is 1.13. The van der Waals surface area contributed by atoms with Gasteiger partial charge in [0.25, 0.3) is 0 Å². The van der Waals surface area contributed by atoms with Crippen LogP contribution in [0.5, 0.6) is 0 Å². The highest BCUT2D eigenvalue weighted by Gasteiger charge is 2.11. The monoisotopic (exact) mass is 306 g/mol. The Morgan fingerprint density at radius 1 is 1.29 bits per heavy atom. The fraction of sp³-hybridized carbons (Fsp3) is 0.400. The summed E-state index contributed by atoms with van der Waals surface area (Å²) in [5.41, 5.74) is 0.972. The second kappa shape index (κ2) is 7.17. The molecule has 5 nitrogen and oxygen atoms in total. The molecule has 6 heteroatoms. The van der Waals surface area contributed by atoms with Crippen LogP contribution in [0.25, 0.3) is 10.2 Å². The van der Waals surface area contributed by atoms with Crippen LogP contribution >= 0.6 is 11.3 Å². The Kier molecular flexibility index (Phi) is 5.27. The van der Waals surface area contributed by atoms with Crippen molar-refractivity contribution in [2.75, 3.05) is 13.6 Å². The Balaban J connectivity index is 1.81. The van der Waals surface area contributed by atoms with E-state index in [1.807, 2.05) is 24.3 Å². The molecule has 0 bridgehead atoms. The zero-order valence-corrected chi connectivity index (χ0v) is 12.7. The SMILES string of the molecule is CN(CCCC(=O)O)C(=O)CCc1nc2ccccc2s1. The lowest BCUT2D eigenvalue weighted by Crippen LogP contribution is -2.28. The molecule has 0 saturated heterocycles. The molecule has 0 fully saturated rings. The second-order valence-corrected chi connectivity index (χ2v) is 6.00. The van der Waals surface area contributed by atoms with E-state index in [1.54, 1.807) is 23.3 Å². The Hall–Kier alpha value is -1.95. The molecule has 2 aromatic rings. The molecule has 0 aliphatic rings. The zero-order chi connectivity index (χ0) is 15.2. The van der Waals surface area contributed by atoms with Crippen molar-refractivity contribution >= 4 is 33.4 Å². The van der Waals surface area contributed by atoms with Crippen LogP contribution in [-0.4, -0.2) is 40.5 Å². The van der Waals surface area contributed by atoms with E-state index < -0.39 is 5.97 Å². The Morgan fingerprint density at radius 2 is 2.05 bits per heavy atom. The number of aliphatic carboxylic acids is 1. The Labute approximate surface area is 127 Å². The average Bonchev–Trinajstić information content (AvgIpc) is 2.87. The third kappa shape index (κ3) is 4.53. The van der Waals surface area contributed by atoms with E-state index in [9.17, 15) is 9.59 Å². The van der Waals surface area contributed by atoms with Gasteiger partial charge in [-0.2, -0.15) is 0 Å². The Morgan fingerprint density at radius 3 is 2.76 bits per heavy atom. The molecular weight excluding hydrogens is 288 g/mol. The fourth-order valence-electron chi connectivity index (χ4n) is 2.02. The number of carbonyl (C=O) groups excluding carboxylic acids is 1. The van der Waals surface area contributed by atoms with Gasteiger partial charge in [-0.25, -0.2) is 4.98 Å². The highest BCUT2D eigenvalue weighted by molar-refractivity contribution is 7.18. The van der Waals surface area contributed by atoms with Gasteiger partial charge < -0.3 is 10.0 Å². The summed E-state index contributed by atoms with van der Waals surface area (Å²) in [6, 6.07) is 7.92. The molecule has 0 saturated carbocycles. The zero-order valence-electron chi connectivity index (χ0n) is 11.9. The van der Waals surface area contributed by atoms with Crippen molar-refractivity contribution < 1.29 is 14.7 Å². The molecule has 21 heavy (non-hydrogen) atoms. The number of carboxylic acids is 1. The summed E-state index contributed by atoms with van der Waals surface area (Å²) in [6.07, 6.45) is 1.61. The van der Waals surface area contributed by atoms with Gasteiger partial charge in [-0.3, -0.25) is 9.59 Å². The number of amides is 1. The van der Waals surface area contributed by atoms with E-state index in [0.717, 1.165) is 15.2 Å². The van der Waals surface area contributed by atoms with Crippen molar-refractivity contribution in [2.45, 2.75) is 25.7 Å². The summed E-state index contributed by atoms with van der Waals surface area (Å²) in [5, 5.41) is 9.54. The molecule has 1 heterocycles. The number of rotatable bonds is 7. The van der Waals surface area contributed by atoms with Crippen molar-refractivity contribution in [3.05, 3.63) is 29.3 Å². The standard InChI is InChI=1S/C15H18N2O3S/c1-17(10-4-7-15(19)20)14(18)9-8-13-16-11-5-2-3-6-12(11)21-13/h2-3,5-6H,4,7-10H2,1H3,(H,19,20). The van der Waals surface area contributed by atoms with E-state index in [1.165, 1.54) is 0 Å². The van der Waals surface area contributed by atoms with Gasteiger partial charge in [0, 0.05) is 32.9 Å². The second-order valence-electron chi connectivity index (χ2n) is 4.89. The lowest BCUT2D eigenvalue weighted by molar-refractivity contribution is -0.138. The van der Waals surface area contributed by atoms with Crippen LogP contribution in [0.15, 0.2) is 24.3 Å². The third-order valence-electron chi connectivity index (χ3n) is 3.20. The van der Waals surface area contributed by atoms with E-state index >= 15 is 0 Å². The molecule has 1 N–H and O–H groups in total. The molecule has 1 aromatic heterocycles. The molecule has 0 atom stereocenters. The van der Waals surface area contributed by atoms with Gasteiger partial charge in [-0.1, -0.05) is 12.1 Å². The first-order valence-corrected chi connectivity index (χ1v) is 7.68. The first-order valence-electron chi connectivity index (χ1n) is 6.86. The number of fused-ring (bicyclic) bond motifs is 1. The molecule has 0 spiro atoms. The van der Waals surface area contributed by atoms with E-state index in [0.29, 0.717) is 25.8 Å². The van der Waals surface area contributed by atoms with Crippen LogP contribution in [-0.2, 0) is 16.0 Å². The summed E-state index contributed by atoms with van der Waals surface area (Å²) in [6.45, 7) is 0.477. The maximum Gasteiger partial charge on any atom is 0.303 e. The van der Waals surface area contributed by atoms with Crippen molar-refractivity contribution in [2.24, 2.45) is 0 Å². The number of hydrogen-bond acceptors (Lipinski definition) is 4. The van der Waals surface area contributed by atoms with Gasteiger partial charge >= 0.3 is 5.97 Å². The number of carboxylic acid groups (broad SMARTS) is 1. The number of carbonyl (C=O) groups is 2. The number of benzene rings is 1. The van der Waals surface area contributed by atoms with Gasteiger partial charge in [-0.05, 0) is 18.6 Å². The van der Waals surface area contributed by atoms with Crippen LogP contribution in [0.4, 0.5) is 0 Å². The van der Waals surface area contributed by atoms with Gasteiger partial charge in [-0.15, -0.1) is 11.3 Å². The van der Waals surface area contributed by atoms with E-state index in [2.05, 4.69) is 4.98 Å². The summed E-state index contributed by atoms with van der Waals surface area (Å²) in [5.74, 6) is -0.801. The molecular formula is C15H18N2O3S. The van der Waals surface area contributed by atoms with Gasteiger partial charge in [0.05, 0.1) is 15.2 Å². The van der Waals surface area contributed by atoms with E-state index in [-0.39, 0.29) is 12.3 Å². The predicted molar refractivity (Wildman–Crippen MR) is 82.4 cm³/mol. The summed E-state index contributed by atoms with van der Waals surface area (Å²) in [4.78, 5) is 28.5. The average molecular weight is 306 g/mol. The molecule has 1 amide bonds. The quantitative estimate of drug-likeness (QED) is 0.853. The smallest absolute Gasteiger partial charge is 0.303 e. The molecule has 0 unspecified atom stereocenters. The number of aryl methyl sites for hydroxylation is 1. The van der Waals surface area contributed by atoms with E-state index in [4.69, 9.17) is 5.11 Å². The highest BCUT2D eigenvalue weighted by atomic mass is 32.1. The fourth-order valence-corrected chi connectivity index (χ4v) is 2.99. The topological polar surface area (TPSA) is 70.5 Å². The number of aromatic nitrogens is 1. The normalized spacial score (nSPS) is 10.7. The van der Waals surface area contributed by atoms with Crippen LogP contribution in [0.1, 0.15) is 24.3 Å². The largest absolute Gasteiger partial charge is 0.481 e. The molecule has 1 aromatic carbocycles. The lowest BCUT2D eigenvalue weighted by atomic mass is 10.2. The molecule has 0 aliphatic carbocycles. The van der Waals surface area contributed by atoms with Crippen molar-refractivity contribution in [3.63, 3.8) is 0 Å². The summed E-state index contributed by atoms with van der Waals surface area (Å²) >= 11 is 1.61. The highest BCUT2D eigenvalue weighted by Crippen LogP contribution is 2.22. The number of hydrogen-bond donors (Lipinski definition) is 1. The minimum Gasteiger partial charge on any atom is -0.481 e.